The highest BCUT2D eigenvalue weighted by molar-refractivity contribution is 5.70. The Bertz CT molecular complexity index is 466. The van der Waals surface area contributed by atoms with E-state index in [0.29, 0.717) is 23.7 Å². The third-order valence-electron chi connectivity index (χ3n) is 5.96. The first-order valence-corrected chi connectivity index (χ1v) is 10.1. The molecule has 25 heavy (non-hydrogen) atoms. The maximum Gasteiger partial charge on any atom is 0.306 e. The van der Waals surface area contributed by atoms with Crippen LogP contribution in [-0.4, -0.2) is 24.3 Å². The van der Waals surface area contributed by atoms with Crippen LogP contribution in [0, 0.1) is 17.3 Å². The van der Waals surface area contributed by atoms with E-state index in [1.807, 2.05) is 13.8 Å². The molecule has 0 saturated carbocycles. The lowest BCUT2D eigenvalue weighted by atomic mass is 9.58. The summed E-state index contributed by atoms with van der Waals surface area (Å²) >= 11 is 0. The van der Waals surface area contributed by atoms with Crippen LogP contribution in [0.3, 0.4) is 0 Å². The largest absolute Gasteiger partial charge is 0.462 e. The van der Waals surface area contributed by atoms with Crippen LogP contribution in [0.5, 0.6) is 0 Å². The minimum atomic E-state index is 0.00676. The van der Waals surface area contributed by atoms with Gasteiger partial charge in [-0.3, -0.25) is 4.79 Å². The van der Waals surface area contributed by atoms with E-state index in [1.165, 1.54) is 25.7 Å². The molecule has 4 atom stereocenters. The van der Waals surface area contributed by atoms with Gasteiger partial charge in [0.2, 0.25) is 0 Å². The first-order chi connectivity index (χ1) is 12.1. The zero-order chi connectivity index (χ0) is 18.9. The van der Waals surface area contributed by atoms with E-state index < -0.39 is 0 Å². The average molecular weight is 351 g/mol. The Morgan fingerprint density at radius 3 is 2.64 bits per heavy atom. The molecule has 1 aliphatic heterocycles. The topological polar surface area (TPSA) is 46.5 Å². The fraction of sp³-hybridized carbons (Fsp3) is 0.773. The van der Waals surface area contributed by atoms with E-state index in [1.54, 1.807) is 5.57 Å². The van der Waals surface area contributed by atoms with Crippen molar-refractivity contribution in [1.29, 1.82) is 0 Å². The number of fused-ring (bicyclic) bond motifs is 1. The van der Waals surface area contributed by atoms with Crippen LogP contribution in [0.4, 0.5) is 0 Å². The highest BCUT2D eigenvalue weighted by Gasteiger charge is 2.42. The van der Waals surface area contributed by atoms with Gasteiger partial charge in [0.25, 0.3) is 0 Å². The van der Waals surface area contributed by atoms with Crippen LogP contribution >= 0.6 is 0 Å². The van der Waals surface area contributed by atoms with Gasteiger partial charge in [-0.1, -0.05) is 45.9 Å². The molecule has 1 fully saturated rings. The molecule has 1 N–H and O–H groups in total. The highest BCUT2D eigenvalue weighted by atomic mass is 16.5. The van der Waals surface area contributed by atoms with E-state index in [-0.39, 0.29) is 12.1 Å². The Morgan fingerprint density at radius 1 is 1.24 bits per heavy atom. The van der Waals surface area contributed by atoms with Crippen LogP contribution in [0.15, 0.2) is 23.8 Å². The number of aliphatic hydroxyl groups is 1. The number of ether oxygens (including phenoxy) is 1. The summed E-state index contributed by atoms with van der Waals surface area (Å²) in [6, 6.07) is 0. The number of esters is 1. The summed E-state index contributed by atoms with van der Waals surface area (Å²) in [4.78, 5) is 11.4. The minimum absolute atomic E-state index is 0.00676. The lowest BCUT2D eigenvalue weighted by Gasteiger charge is -2.47. The van der Waals surface area contributed by atoms with Crippen molar-refractivity contribution in [2.75, 3.05) is 7.11 Å². The molecule has 0 bridgehead atoms. The molecule has 3 aliphatic rings. The molecular formula is C22H38O3. The third-order valence-corrected chi connectivity index (χ3v) is 5.96. The molecule has 0 radical (unpaired) electrons. The molecule has 0 amide bonds. The summed E-state index contributed by atoms with van der Waals surface area (Å²) in [5, 5.41) is 7.00. The molecule has 0 spiro atoms. The molecule has 1 saturated heterocycles. The molecule has 3 rings (SSSR count). The smallest absolute Gasteiger partial charge is 0.306 e. The lowest BCUT2D eigenvalue weighted by Crippen LogP contribution is -2.38. The van der Waals surface area contributed by atoms with Crippen LogP contribution < -0.4 is 0 Å². The molecule has 4 unspecified atom stereocenters. The summed E-state index contributed by atoms with van der Waals surface area (Å²) in [6.07, 6.45) is 16.1. The first kappa shape index (κ1) is 22.0. The van der Waals surface area contributed by atoms with Crippen molar-refractivity contribution in [1.82, 2.24) is 0 Å². The Balaban J connectivity index is 0.000000730. The Kier molecular flexibility index (Phi) is 9.48. The van der Waals surface area contributed by atoms with E-state index in [9.17, 15) is 4.79 Å². The highest BCUT2D eigenvalue weighted by Crippen LogP contribution is 2.52. The molecule has 3 nitrogen and oxygen atoms in total. The monoisotopic (exact) mass is 350 g/mol. The van der Waals surface area contributed by atoms with Crippen LogP contribution in [0.25, 0.3) is 0 Å². The van der Waals surface area contributed by atoms with Gasteiger partial charge in [-0.2, -0.15) is 0 Å². The van der Waals surface area contributed by atoms with Gasteiger partial charge in [-0.25, -0.2) is 0 Å². The Labute approximate surface area is 154 Å². The van der Waals surface area contributed by atoms with Crippen molar-refractivity contribution in [2.45, 2.75) is 85.2 Å². The van der Waals surface area contributed by atoms with Gasteiger partial charge in [-0.05, 0) is 67.8 Å². The van der Waals surface area contributed by atoms with E-state index in [4.69, 9.17) is 9.84 Å². The molecule has 1 heterocycles. The van der Waals surface area contributed by atoms with Gasteiger partial charge in [0.1, 0.15) is 6.10 Å². The number of carbonyl (C=O) groups excluding carboxylic acids is 1. The zero-order valence-corrected chi connectivity index (χ0v) is 16.9. The van der Waals surface area contributed by atoms with Gasteiger partial charge in [0.15, 0.2) is 0 Å². The van der Waals surface area contributed by atoms with Crippen molar-refractivity contribution < 1.29 is 14.6 Å². The van der Waals surface area contributed by atoms with E-state index in [2.05, 4.69) is 32.1 Å². The van der Waals surface area contributed by atoms with Crippen molar-refractivity contribution in [3.8, 4) is 0 Å². The summed E-state index contributed by atoms with van der Waals surface area (Å²) in [5.41, 5.74) is 1.89. The quantitative estimate of drug-likeness (QED) is 0.690. The van der Waals surface area contributed by atoms with Crippen LogP contribution in [0.1, 0.15) is 79.1 Å². The summed E-state index contributed by atoms with van der Waals surface area (Å²) in [5.74, 6) is 1.33. The summed E-state index contributed by atoms with van der Waals surface area (Å²) in [7, 11) is 1.00. The number of cyclic esters (lactones) is 1. The SMILES string of the molecule is CC.CC1C=CC2=CCCCC2(C)C1CCC1CCCC(=O)O1.CO. The van der Waals surface area contributed by atoms with E-state index >= 15 is 0 Å². The van der Waals surface area contributed by atoms with Gasteiger partial charge < -0.3 is 9.84 Å². The minimum Gasteiger partial charge on any atom is -0.462 e. The number of rotatable bonds is 3. The second-order valence-electron chi connectivity index (χ2n) is 7.38. The maximum absolute atomic E-state index is 11.4. The zero-order valence-electron chi connectivity index (χ0n) is 16.9. The number of hydrogen-bond acceptors (Lipinski definition) is 3. The van der Waals surface area contributed by atoms with Gasteiger partial charge in [-0.15, -0.1) is 0 Å². The lowest BCUT2D eigenvalue weighted by molar-refractivity contribution is -0.154. The second kappa shape index (κ2) is 10.8. The number of allylic oxidation sites excluding steroid dienone is 4. The van der Waals surface area contributed by atoms with Crippen molar-refractivity contribution in [3.05, 3.63) is 23.8 Å². The maximum atomic E-state index is 11.4. The Hall–Kier alpha value is -1.09. The molecule has 0 aromatic rings. The first-order valence-electron chi connectivity index (χ1n) is 10.1. The standard InChI is InChI=1S/C19H28O2.C2H6.CH4O/c1-14-9-10-15-6-3-4-13-19(15,2)17(14)12-11-16-7-5-8-18(20)21-16;2*1-2/h6,9-10,14,16-17H,3-5,7-8,11-13H2,1-2H3;1-2H3;2H,1H3. The normalized spacial score (nSPS) is 33.6. The molecular weight excluding hydrogens is 312 g/mol. The molecule has 2 aliphatic carbocycles. The number of aliphatic hydroxyl groups excluding tert-OH is 1. The van der Waals surface area contributed by atoms with Gasteiger partial charge >= 0.3 is 5.97 Å². The van der Waals surface area contributed by atoms with Gasteiger partial charge in [0, 0.05) is 13.5 Å². The van der Waals surface area contributed by atoms with Crippen LogP contribution in [0.2, 0.25) is 0 Å². The molecule has 3 heteroatoms. The summed E-state index contributed by atoms with van der Waals surface area (Å²) < 4.78 is 5.51. The fourth-order valence-corrected chi connectivity index (χ4v) is 4.66. The number of carbonyl (C=O) groups is 1. The summed E-state index contributed by atoms with van der Waals surface area (Å²) in [6.45, 7) is 8.81. The molecule has 144 valence electrons. The van der Waals surface area contributed by atoms with Crippen molar-refractivity contribution >= 4 is 5.97 Å². The van der Waals surface area contributed by atoms with Crippen molar-refractivity contribution in [2.24, 2.45) is 17.3 Å². The predicted molar refractivity (Wildman–Crippen MR) is 104 cm³/mol. The third kappa shape index (κ3) is 5.44. The van der Waals surface area contributed by atoms with Gasteiger partial charge in [0.05, 0.1) is 0 Å². The molecule has 0 aromatic carbocycles. The van der Waals surface area contributed by atoms with Crippen LogP contribution in [-0.2, 0) is 9.53 Å². The Morgan fingerprint density at radius 2 is 1.96 bits per heavy atom. The van der Waals surface area contributed by atoms with Crippen molar-refractivity contribution in [3.63, 3.8) is 0 Å². The fourth-order valence-electron chi connectivity index (χ4n) is 4.66. The average Bonchev–Trinajstić information content (AvgIpc) is 2.64. The molecule has 0 aromatic heterocycles. The van der Waals surface area contributed by atoms with E-state index in [0.717, 1.165) is 26.4 Å². The second-order valence-corrected chi connectivity index (χ2v) is 7.38. The predicted octanol–water partition coefficient (Wildman–Crippen LogP) is 5.44. The number of hydrogen-bond donors (Lipinski definition) is 1.